The van der Waals surface area contributed by atoms with Crippen LogP contribution in [-0.2, 0) is 0 Å². The fourth-order valence-electron chi connectivity index (χ4n) is 6.16. The topological polar surface area (TPSA) is 186 Å². The van der Waals surface area contributed by atoms with E-state index in [9.17, 15) is 39.6 Å². The third kappa shape index (κ3) is 3.73. The molecule has 0 saturated carbocycles. The quantitative estimate of drug-likeness (QED) is 0.212. The van der Waals surface area contributed by atoms with Gasteiger partial charge in [-0.2, -0.15) is 0 Å². The van der Waals surface area contributed by atoms with Gasteiger partial charge in [0.1, 0.15) is 46.0 Å². The number of hydrogen-bond donors (Lipinski definition) is 4. The van der Waals surface area contributed by atoms with Gasteiger partial charge in [-0.15, -0.1) is 0 Å². The summed E-state index contributed by atoms with van der Waals surface area (Å²) in [4.78, 5) is 56.8. The highest BCUT2D eigenvalue weighted by atomic mass is 16.5. The van der Waals surface area contributed by atoms with Crippen molar-refractivity contribution in [1.29, 1.82) is 0 Å². The molecule has 0 heterocycles. The van der Waals surface area contributed by atoms with E-state index in [1.54, 1.807) is 0 Å². The predicted molar refractivity (Wildman–Crippen MR) is 161 cm³/mol. The molecule has 0 aromatic heterocycles. The second-order valence-electron chi connectivity index (χ2n) is 10.7. The molecule has 0 saturated heterocycles. The Morgan fingerprint density at radius 2 is 0.739 bits per heavy atom. The number of carbonyl (C=O) groups excluding carboxylic acids is 4. The predicted octanol–water partition coefficient (Wildman–Crippen LogP) is 4.38. The van der Waals surface area contributed by atoms with Gasteiger partial charge in [-0.1, -0.05) is 0 Å². The van der Waals surface area contributed by atoms with E-state index in [2.05, 4.69) is 0 Å². The summed E-state index contributed by atoms with van der Waals surface area (Å²) in [5.41, 5.74) is -4.46. The molecule has 234 valence electrons. The lowest BCUT2D eigenvalue weighted by molar-refractivity contribution is 0.0972. The number of phenolic OH excluding ortho intramolecular Hbond substituents is 4. The van der Waals surface area contributed by atoms with E-state index >= 15 is 0 Å². The molecular weight excluding hydrogens is 600 g/mol. The molecule has 0 unspecified atom stereocenters. The molecule has 0 spiro atoms. The number of ketones is 4. The van der Waals surface area contributed by atoms with Gasteiger partial charge in [0.25, 0.3) is 0 Å². The van der Waals surface area contributed by atoms with Crippen molar-refractivity contribution in [2.45, 2.75) is 13.8 Å². The summed E-state index contributed by atoms with van der Waals surface area (Å²) in [6.07, 6.45) is 0. The van der Waals surface area contributed by atoms with Gasteiger partial charge in [0, 0.05) is 56.6 Å². The van der Waals surface area contributed by atoms with Crippen LogP contribution in [0.1, 0.15) is 74.8 Å². The van der Waals surface area contributed by atoms with Crippen LogP contribution in [0.25, 0.3) is 11.1 Å². The summed E-state index contributed by atoms with van der Waals surface area (Å²) < 4.78 is 21.3. The molecule has 4 N–H and O–H groups in total. The van der Waals surface area contributed by atoms with Gasteiger partial charge < -0.3 is 39.4 Å². The van der Waals surface area contributed by atoms with E-state index in [0.29, 0.717) is 0 Å². The zero-order chi connectivity index (χ0) is 33.5. The van der Waals surface area contributed by atoms with E-state index in [4.69, 9.17) is 18.9 Å². The highest BCUT2D eigenvalue weighted by Crippen LogP contribution is 2.55. The van der Waals surface area contributed by atoms with E-state index in [-0.39, 0.29) is 56.4 Å². The van der Waals surface area contributed by atoms with E-state index in [0.717, 1.165) is 0 Å². The number of methoxy groups -OCH3 is 4. The van der Waals surface area contributed by atoms with Crippen LogP contribution in [0.2, 0.25) is 0 Å². The molecule has 0 amide bonds. The van der Waals surface area contributed by atoms with Crippen molar-refractivity contribution in [3.8, 4) is 57.1 Å². The number of phenols is 4. The maximum absolute atomic E-state index is 14.3. The van der Waals surface area contributed by atoms with Gasteiger partial charge in [0.05, 0.1) is 50.7 Å². The third-order valence-corrected chi connectivity index (χ3v) is 8.53. The lowest BCUT2D eigenvalue weighted by Gasteiger charge is -2.29. The smallest absolute Gasteiger partial charge is 0.202 e. The molecule has 2 aliphatic carbocycles. The zero-order valence-electron chi connectivity index (χ0n) is 25.4. The van der Waals surface area contributed by atoms with Crippen molar-refractivity contribution in [1.82, 2.24) is 0 Å². The molecule has 0 atom stereocenters. The number of hydrogen-bond acceptors (Lipinski definition) is 12. The van der Waals surface area contributed by atoms with Crippen LogP contribution in [0, 0.1) is 13.8 Å². The zero-order valence-corrected chi connectivity index (χ0v) is 25.4. The van der Waals surface area contributed by atoms with Crippen molar-refractivity contribution < 1.29 is 58.6 Å². The lowest BCUT2D eigenvalue weighted by Crippen LogP contribution is -2.26. The summed E-state index contributed by atoms with van der Waals surface area (Å²) in [5.74, 6) is -6.16. The average molecular weight is 627 g/mol. The first-order valence-electron chi connectivity index (χ1n) is 13.7. The Hall–Kier alpha value is -6.04. The van der Waals surface area contributed by atoms with E-state index < -0.39 is 79.5 Å². The van der Waals surface area contributed by atoms with Crippen LogP contribution < -0.4 is 18.9 Å². The van der Waals surface area contributed by atoms with Gasteiger partial charge in [0.2, 0.25) is 11.6 Å². The second-order valence-corrected chi connectivity index (χ2v) is 10.7. The van der Waals surface area contributed by atoms with E-state index in [1.165, 1.54) is 66.6 Å². The fourth-order valence-corrected chi connectivity index (χ4v) is 6.16. The van der Waals surface area contributed by atoms with Gasteiger partial charge >= 0.3 is 0 Å². The number of benzene rings is 4. The molecule has 0 fully saturated rings. The van der Waals surface area contributed by atoms with Crippen molar-refractivity contribution in [2.75, 3.05) is 28.4 Å². The summed E-state index contributed by atoms with van der Waals surface area (Å²) in [6, 6.07) is 5.32. The largest absolute Gasteiger partial charge is 0.507 e. The van der Waals surface area contributed by atoms with Crippen LogP contribution >= 0.6 is 0 Å². The molecule has 46 heavy (non-hydrogen) atoms. The number of aromatic hydroxyl groups is 4. The van der Waals surface area contributed by atoms with Gasteiger partial charge in [-0.05, 0) is 26.0 Å². The van der Waals surface area contributed by atoms with Crippen LogP contribution in [0.5, 0.6) is 46.0 Å². The molecule has 12 heteroatoms. The molecule has 4 aromatic rings. The van der Waals surface area contributed by atoms with Crippen LogP contribution in [0.3, 0.4) is 0 Å². The van der Waals surface area contributed by atoms with Crippen LogP contribution in [-0.4, -0.2) is 72.0 Å². The number of carbonyl (C=O) groups is 4. The van der Waals surface area contributed by atoms with Crippen LogP contribution in [0.15, 0.2) is 24.3 Å². The first-order chi connectivity index (χ1) is 21.8. The van der Waals surface area contributed by atoms with Crippen molar-refractivity contribution in [3.05, 3.63) is 79.9 Å². The number of rotatable bonds is 5. The third-order valence-electron chi connectivity index (χ3n) is 8.53. The summed E-state index contributed by atoms with van der Waals surface area (Å²) in [5, 5.41) is 45.5. The summed E-state index contributed by atoms with van der Waals surface area (Å²) in [7, 11) is 5.24. The average Bonchev–Trinajstić information content (AvgIpc) is 3.06. The standard InChI is InChI=1S/C34H26O12/c1-11-27(35)21(23-25(29(11)37)33(41)19-15(31(23)39)7-13(43-3)9-17(19)45-5)22-24-26(30(38)12(2)28(22)36)34(42)20-16(32(24)40)8-14(44-4)10-18(20)46-6/h7-10,35-38H,1-6H3. The normalized spacial score (nSPS) is 13.1. The van der Waals surface area contributed by atoms with Gasteiger partial charge in [-0.25, -0.2) is 0 Å². The van der Waals surface area contributed by atoms with Gasteiger partial charge in [-0.3, -0.25) is 19.2 Å². The Balaban J connectivity index is 1.78. The Morgan fingerprint density at radius 3 is 1.04 bits per heavy atom. The minimum absolute atomic E-state index is 0.0222. The monoisotopic (exact) mass is 626 g/mol. The lowest BCUT2D eigenvalue weighted by atomic mass is 9.73. The minimum Gasteiger partial charge on any atom is -0.507 e. The first kappa shape index (κ1) is 30.0. The number of fused-ring (bicyclic) bond motifs is 4. The molecule has 6 rings (SSSR count). The van der Waals surface area contributed by atoms with Crippen molar-refractivity contribution in [2.24, 2.45) is 0 Å². The van der Waals surface area contributed by atoms with Crippen molar-refractivity contribution >= 4 is 23.1 Å². The fraction of sp³-hybridized carbons (Fsp3) is 0.176. The highest BCUT2D eigenvalue weighted by molar-refractivity contribution is 6.36. The molecule has 12 nitrogen and oxygen atoms in total. The highest BCUT2D eigenvalue weighted by Gasteiger charge is 2.44. The van der Waals surface area contributed by atoms with E-state index in [1.807, 2.05) is 0 Å². The SMILES string of the molecule is COc1cc(OC)c2c(c1)C(=O)c1c(c(O)c(C)c(O)c1-c1c(O)c(C)c(O)c3c1C(=O)c1cc(OC)cc(OC)c1C3=O)C2=O. The molecule has 0 aliphatic heterocycles. The van der Waals surface area contributed by atoms with Gasteiger partial charge in [0.15, 0.2) is 11.6 Å². The molecule has 0 bridgehead atoms. The Labute approximate surface area is 261 Å². The molecular formula is C34H26O12. The maximum Gasteiger partial charge on any atom is 0.202 e. The minimum atomic E-state index is -0.889. The Bertz CT molecular complexity index is 1970. The molecule has 4 aromatic carbocycles. The maximum atomic E-state index is 14.3. The first-order valence-corrected chi connectivity index (χ1v) is 13.7. The van der Waals surface area contributed by atoms with Crippen LogP contribution in [0.4, 0.5) is 0 Å². The molecule has 2 aliphatic rings. The molecule has 0 radical (unpaired) electrons. The summed E-state index contributed by atoms with van der Waals surface area (Å²) >= 11 is 0. The Kier molecular flexibility index (Phi) is 6.69. The number of ether oxygens (including phenoxy) is 4. The Morgan fingerprint density at radius 1 is 0.413 bits per heavy atom. The van der Waals surface area contributed by atoms with Crippen molar-refractivity contribution in [3.63, 3.8) is 0 Å². The summed E-state index contributed by atoms with van der Waals surface area (Å²) in [6.45, 7) is 2.53. The second kappa shape index (κ2) is 10.3.